The van der Waals surface area contributed by atoms with Crippen LogP contribution < -0.4 is 19.5 Å². The minimum atomic E-state index is -3.91. The fraction of sp³-hybridized carbons (Fsp3) is 0.355. The van der Waals surface area contributed by atoms with Gasteiger partial charge in [0.15, 0.2) is 0 Å². The maximum atomic E-state index is 13.7. The van der Waals surface area contributed by atoms with Crippen LogP contribution in [0.1, 0.15) is 29.8 Å². The van der Waals surface area contributed by atoms with E-state index in [1.165, 1.54) is 29.2 Å². The molecular formula is C31H38N4O7S. The normalized spacial score (nSPS) is 17.5. The fourth-order valence-electron chi connectivity index (χ4n) is 4.68. The lowest BCUT2D eigenvalue weighted by atomic mass is 9.99. The van der Waals surface area contributed by atoms with E-state index >= 15 is 0 Å². The number of urea groups is 1. The summed E-state index contributed by atoms with van der Waals surface area (Å²) in [6.45, 7) is 5.70. The summed E-state index contributed by atoms with van der Waals surface area (Å²) in [6.07, 6.45) is -0.526. The number of fused-ring (bicyclic) bond motifs is 1. The van der Waals surface area contributed by atoms with E-state index < -0.39 is 28.1 Å². The fourth-order valence-corrected chi connectivity index (χ4v) is 5.73. The smallest absolute Gasteiger partial charge is 0.321 e. The average molecular weight is 611 g/mol. The van der Waals surface area contributed by atoms with E-state index in [1.54, 1.807) is 68.4 Å². The highest BCUT2D eigenvalue weighted by Gasteiger charge is 2.34. The van der Waals surface area contributed by atoms with Gasteiger partial charge < -0.3 is 29.7 Å². The molecule has 3 aromatic rings. The molecule has 0 bridgehead atoms. The Morgan fingerprint density at radius 3 is 2.40 bits per heavy atom. The van der Waals surface area contributed by atoms with Gasteiger partial charge in [0.1, 0.15) is 17.6 Å². The van der Waals surface area contributed by atoms with E-state index in [1.807, 2.05) is 13.8 Å². The molecule has 3 atom stereocenters. The molecule has 3 aromatic carbocycles. The molecule has 3 amide bonds. The first-order valence-corrected chi connectivity index (χ1v) is 15.4. The number of nitrogens with zero attached hydrogens (tertiary/aromatic N) is 2. The number of carbonyl (C=O) groups excluding carboxylic acids is 2. The van der Waals surface area contributed by atoms with Crippen LogP contribution in [0.4, 0.5) is 16.2 Å². The first-order chi connectivity index (χ1) is 20.4. The summed E-state index contributed by atoms with van der Waals surface area (Å²) >= 11 is 0. The van der Waals surface area contributed by atoms with E-state index in [0.29, 0.717) is 11.4 Å². The molecule has 0 unspecified atom stereocenters. The highest BCUT2D eigenvalue weighted by molar-refractivity contribution is 7.92. The third kappa shape index (κ3) is 7.57. The third-order valence-corrected chi connectivity index (χ3v) is 8.79. The molecule has 0 radical (unpaired) electrons. The van der Waals surface area contributed by atoms with Gasteiger partial charge in [-0.2, -0.15) is 0 Å². The molecule has 0 saturated heterocycles. The molecule has 1 aliphatic heterocycles. The van der Waals surface area contributed by atoms with Crippen LogP contribution in [0.25, 0.3) is 0 Å². The highest BCUT2D eigenvalue weighted by Crippen LogP contribution is 2.31. The Labute approximate surface area is 252 Å². The SMILES string of the molecule is COc1ccc(NC(=O)N(C)C[C@H]2Oc3ccc(NS(=O)(=O)c4ccc(C)cc4)cc3C(=O)N([C@H](C)CO)C[C@H]2C)cc1. The van der Waals surface area contributed by atoms with Gasteiger partial charge in [0.25, 0.3) is 15.9 Å². The molecular weight excluding hydrogens is 572 g/mol. The number of carbonyl (C=O) groups is 2. The summed E-state index contributed by atoms with van der Waals surface area (Å²) in [5.41, 5.74) is 1.86. The summed E-state index contributed by atoms with van der Waals surface area (Å²) in [5, 5.41) is 12.8. The molecule has 230 valence electrons. The Kier molecular flexibility index (Phi) is 9.82. The number of amides is 3. The zero-order valence-corrected chi connectivity index (χ0v) is 25.7. The first-order valence-electron chi connectivity index (χ1n) is 13.9. The molecule has 1 aliphatic rings. The van der Waals surface area contributed by atoms with Crippen LogP contribution in [-0.4, -0.2) is 81.3 Å². The van der Waals surface area contributed by atoms with Crippen molar-refractivity contribution in [2.75, 3.05) is 43.9 Å². The molecule has 3 N–H and O–H groups in total. The molecule has 0 spiro atoms. The van der Waals surface area contributed by atoms with Crippen molar-refractivity contribution < 1.29 is 32.6 Å². The van der Waals surface area contributed by atoms with Gasteiger partial charge >= 0.3 is 6.03 Å². The number of aliphatic hydroxyl groups excluding tert-OH is 1. The van der Waals surface area contributed by atoms with Gasteiger partial charge in [0.05, 0.1) is 36.8 Å². The van der Waals surface area contributed by atoms with Crippen LogP contribution in [0.15, 0.2) is 71.6 Å². The summed E-state index contributed by atoms with van der Waals surface area (Å²) in [4.78, 5) is 29.9. The Hall–Kier alpha value is -4.29. The van der Waals surface area contributed by atoms with Gasteiger partial charge in [-0.15, -0.1) is 0 Å². The number of anilines is 2. The Bertz CT molecular complexity index is 1550. The van der Waals surface area contributed by atoms with Gasteiger partial charge in [-0.25, -0.2) is 13.2 Å². The van der Waals surface area contributed by atoms with E-state index in [2.05, 4.69) is 10.0 Å². The standard InChI is InChI=1S/C31H38N4O7S/c1-20-6-13-26(14-7-20)43(39,40)33-24-10-15-28-27(16-24)30(37)35(22(3)19-36)17-21(2)29(42-28)18-34(4)31(38)32-23-8-11-25(41-5)12-9-23/h6-16,21-22,29,33,36H,17-19H2,1-5H3,(H,32,38)/t21-,22-,29-/m1/s1. The average Bonchev–Trinajstić information content (AvgIpc) is 2.99. The minimum Gasteiger partial charge on any atom is -0.497 e. The highest BCUT2D eigenvalue weighted by atomic mass is 32.2. The predicted octanol–water partition coefficient (Wildman–Crippen LogP) is 4.19. The van der Waals surface area contributed by atoms with E-state index in [9.17, 15) is 23.1 Å². The number of rotatable bonds is 9. The second-order valence-corrected chi connectivity index (χ2v) is 12.5. The second kappa shape index (κ2) is 13.3. The summed E-state index contributed by atoms with van der Waals surface area (Å²) in [5.74, 6) is 0.300. The van der Waals surface area contributed by atoms with Crippen molar-refractivity contribution in [2.24, 2.45) is 5.92 Å². The molecule has 11 nitrogen and oxygen atoms in total. The van der Waals surface area contributed by atoms with Gasteiger partial charge in [0.2, 0.25) is 0 Å². The topological polar surface area (TPSA) is 138 Å². The van der Waals surface area contributed by atoms with Crippen molar-refractivity contribution in [1.82, 2.24) is 9.80 Å². The maximum Gasteiger partial charge on any atom is 0.321 e. The maximum absolute atomic E-state index is 13.7. The van der Waals surface area contributed by atoms with Crippen molar-refractivity contribution in [3.05, 3.63) is 77.9 Å². The largest absolute Gasteiger partial charge is 0.497 e. The number of sulfonamides is 1. The Balaban J connectivity index is 1.59. The van der Waals surface area contributed by atoms with Crippen molar-refractivity contribution in [2.45, 2.75) is 37.8 Å². The van der Waals surface area contributed by atoms with Gasteiger partial charge in [-0.1, -0.05) is 24.6 Å². The van der Waals surface area contributed by atoms with Crippen molar-refractivity contribution in [1.29, 1.82) is 0 Å². The van der Waals surface area contributed by atoms with Gasteiger partial charge in [0, 0.05) is 30.9 Å². The molecule has 0 fully saturated rings. The number of nitrogens with one attached hydrogen (secondary N) is 2. The van der Waals surface area contributed by atoms with Crippen LogP contribution >= 0.6 is 0 Å². The number of aliphatic hydroxyl groups is 1. The van der Waals surface area contributed by atoms with Crippen LogP contribution in [0, 0.1) is 12.8 Å². The third-order valence-electron chi connectivity index (χ3n) is 7.39. The Morgan fingerprint density at radius 1 is 1.12 bits per heavy atom. The number of hydrogen-bond donors (Lipinski definition) is 3. The second-order valence-electron chi connectivity index (χ2n) is 10.8. The molecule has 0 saturated carbocycles. The van der Waals surface area contributed by atoms with Crippen molar-refractivity contribution in [3.63, 3.8) is 0 Å². The Morgan fingerprint density at radius 2 is 1.77 bits per heavy atom. The minimum absolute atomic E-state index is 0.0905. The summed E-state index contributed by atoms with van der Waals surface area (Å²) in [6, 6.07) is 17.1. The molecule has 1 heterocycles. The van der Waals surface area contributed by atoms with Crippen molar-refractivity contribution in [3.8, 4) is 11.5 Å². The zero-order valence-electron chi connectivity index (χ0n) is 24.9. The number of aryl methyl sites for hydroxylation is 1. The summed E-state index contributed by atoms with van der Waals surface area (Å²) in [7, 11) is -0.698. The first kappa shape index (κ1) is 31.6. The lowest BCUT2D eigenvalue weighted by molar-refractivity contribution is 0.0371. The molecule has 0 aromatic heterocycles. The molecule has 43 heavy (non-hydrogen) atoms. The van der Waals surface area contributed by atoms with Crippen LogP contribution in [0.3, 0.4) is 0 Å². The molecule has 12 heteroatoms. The summed E-state index contributed by atoms with van der Waals surface area (Å²) < 4.78 is 40.1. The lowest BCUT2D eigenvalue weighted by Gasteiger charge is -2.38. The number of hydrogen-bond acceptors (Lipinski definition) is 7. The lowest BCUT2D eigenvalue weighted by Crippen LogP contribution is -2.50. The number of benzene rings is 3. The van der Waals surface area contributed by atoms with Crippen molar-refractivity contribution >= 4 is 33.3 Å². The van der Waals surface area contributed by atoms with E-state index in [0.717, 1.165) is 5.56 Å². The van der Waals surface area contributed by atoms with Crippen LogP contribution in [0.2, 0.25) is 0 Å². The van der Waals surface area contributed by atoms with Crippen LogP contribution in [0.5, 0.6) is 11.5 Å². The monoisotopic (exact) mass is 610 g/mol. The number of methoxy groups -OCH3 is 1. The predicted molar refractivity (Wildman–Crippen MR) is 164 cm³/mol. The quantitative estimate of drug-likeness (QED) is 0.330. The zero-order chi connectivity index (χ0) is 31.3. The van der Waals surface area contributed by atoms with E-state index in [4.69, 9.17) is 9.47 Å². The van der Waals surface area contributed by atoms with Gasteiger partial charge in [-0.05, 0) is 68.4 Å². The van der Waals surface area contributed by atoms with Crippen LogP contribution in [-0.2, 0) is 10.0 Å². The number of likely N-dealkylation sites (N-methyl/N-ethyl adjacent to an activating group) is 1. The number of ether oxygens (including phenoxy) is 2. The molecule has 4 rings (SSSR count). The van der Waals surface area contributed by atoms with E-state index in [-0.39, 0.29) is 53.5 Å². The van der Waals surface area contributed by atoms with Gasteiger partial charge in [-0.3, -0.25) is 9.52 Å². The molecule has 0 aliphatic carbocycles.